The molecular weight excluding hydrogens is 354 g/mol. The van der Waals surface area contributed by atoms with Gasteiger partial charge in [-0.25, -0.2) is 9.59 Å². The molecular formula is C19H33NO7. The first-order valence-corrected chi connectivity index (χ1v) is 9.65. The molecule has 2 aliphatic heterocycles. The first-order valence-electron chi connectivity index (χ1n) is 9.65. The fraction of sp³-hybridized carbons (Fsp3) is 0.895. The van der Waals surface area contributed by atoms with E-state index in [0.29, 0.717) is 26.1 Å². The Morgan fingerprint density at radius 3 is 1.78 bits per heavy atom. The second-order valence-corrected chi connectivity index (χ2v) is 8.22. The molecule has 0 amide bonds. The van der Waals surface area contributed by atoms with Crippen molar-refractivity contribution in [1.82, 2.24) is 5.06 Å². The molecule has 0 unspecified atom stereocenters. The normalized spacial score (nSPS) is 24.0. The molecule has 0 aromatic rings. The Kier molecular flexibility index (Phi) is 6.89. The van der Waals surface area contributed by atoms with Gasteiger partial charge in [-0.05, 0) is 48.0 Å². The highest BCUT2D eigenvalue weighted by atomic mass is 16.7. The maximum Gasteiger partial charge on any atom is 0.349 e. The minimum Gasteiger partial charge on any atom is -0.464 e. The summed E-state index contributed by atoms with van der Waals surface area (Å²) >= 11 is 0. The number of ether oxygens (including phenoxy) is 4. The highest BCUT2D eigenvalue weighted by Crippen LogP contribution is 2.47. The van der Waals surface area contributed by atoms with Gasteiger partial charge in [0.25, 0.3) is 6.10 Å². The van der Waals surface area contributed by atoms with Crippen molar-refractivity contribution in [1.29, 1.82) is 0 Å². The Hall–Kier alpha value is -1.22. The van der Waals surface area contributed by atoms with Crippen LogP contribution in [0.15, 0.2) is 0 Å². The van der Waals surface area contributed by atoms with Gasteiger partial charge in [0.05, 0.1) is 26.4 Å². The first-order chi connectivity index (χ1) is 12.6. The van der Waals surface area contributed by atoms with E-state index >= 15 is 0 Å². The van der Waals surface area contributed by atoms with Crippen LogP contribution in [-0.2, 0) is 33.4 Å². The van der Waals surface area contributed by atoms with E-state index in [4.69, 9.17) is 23.8 Å². The third kappa shape index (κ3) is 4.99. The molecule has 0 aliphatic carbocycles. The number of carbonyl (C=O) groups excluding carboxylic acids is 2. The van der Waals surface area contributed by atoms with Crippen LogP contribution in [-0.4, -0.2) is 66.4 Å². The van der Waals surface area contributed by atoms with Crippen molar-refractivity contribution in [2.24, 2.45) is 0 Å². The van der Waals surface area contributed by atoms with E-state index in [1.807, 2.05) is 27.7 Å². The Bertz CT molecular complexity index is 502. The predicted molar refractivity (Wildman–Crippen MR) is 96.6 cm³/mol. The molecule has 2 rings (SSSR count). The Balaban J connectivity index is 2.26. The van der Waals surface area contributed by atoms with E-state index in [0.717, 1.165) is 6.42 Å². The monoisotopic (exact) mass is 387 g/mol. The van der Waals surface area contributed by atoms with Crippen molar-refractivity contribution in [3.05, 3.63) is 0 Å². The summed E-state index contributed by atoms with van der Waals surface area (Å²) in [6.45, 7) is 12.9. The lowest BCUT2D eigenvalue weighted by atomic mass is 9.77. The SMILES string of the molecule is CCOC(=O)C(ON1C(C)(C)CC2(CC1(C)C)OCCCO2)C(=O)OCC. The third-order valence-electron chi connectivity index (χ3n) is 4.73. The van der Waals surface area contributed by atoms with Crippen LogP contribution in [0.3, 0.4) is 0 Å². The molecule has 2 aliphatic rings. The van der Waals surface area contributed by atoms with Crippen LogP contribution in [0.2, 0.25) is 0 Å². The topological polar surface area (TPSA) is 83.5 Å². The van der Waals surface area contributed by atoms with Crippen molar-refractivity contribution in [3.63, 3.8) is 0 Å². The number of hydroxylamine groups is 2. The Morgan fingerprint density at radius 1 is 0.926 bits per heavy atom. The number of hydrogen-bond acceptors (Lipinski definition) is 8. The van der Waals surface area contributed by atoms with Gasteiger partial charge in [-0.1, -0.05) is 0 Å². The summed E-state index contributed by atoms with van der Waals surface area (Å²) in [7, 11) is 0. The first kappa shape index (κ1) is 22.1. The zero-order valence-electron chi connectivity index (χ0n) is 17.3. The molecule has 0 saturated carbocycles. The van der Waals surface area contributed by atoms with E-state index in [1.54, 1.807) is 18.9 Å². The van der Waals surface area contributed by atoms with Crippen molar-refractivity contribution in [2.75, 3.05) is 26.4 Å². The van der Waals surface area contributed by atoms with Crippen molar-refractivity contribution >= 4 is 11.9 Å². The van der Waals surface area contributed by atoms with E-state index in [2.05, 4.69) is 0 Å². The molecule has 2 fully saturated rings. The van der Waals surface area contributed by atoms with Gasteiger partial charge >= 0.3 is 11.9 Å². The number of carbonyl (C=O) groups is 2. The summed E-state index contributed by atoms with van der Waals surface area (Å²) < 4.78 is 22.1. The summed E-state index contributed by atoms with van der Waals surface area (Å²) in [6.07, 6.45) is 0.492. The van der Waals surface area contributed by atoms with Crippen LogP contribution < -0.4 is 0 Å². The summed E-state index contributed by atoms with van der Waals surface area (Å²) in [5.41, 5.74) is -1.12. The van der Waals surface area contributed by atoms with Crippen LogP contribution in [0.25, 0.3) is 0 Å². The fourth-order valence-corrected chi connectivity index (χ4v) is 4.17. The second-order valence-electron chi connectivity index (χ2n) is 8.22. The molecule has 156 valence electrons. The Morgan fingerprint density at radius 2 is 1.37 bits per heavy atom. The quantitative estimate of drug-likeness (QED) is 0.507. The van der Waals surface area contributed by atoms with E-state index in [9.17, 15) is 9.59 Å². The number of hydrogen-bond donors (Lipinski definition) is 0. The maximum atomic E-state index is 12.3. The van der Waals surface area contributed by atoms with Gasteiger partial charge in [-0.3, -0.25) is 4.84 Å². The predicted octanol–water partition coefficient (Wildman–Crippen LogP) is 2.20. The molecule has 0 N–H and O–H groups in total. The lowest BCUT2D eigenvalue weighted by Gasteiger charge is -2.58. The molecule has 2 heterocycles. The van der Waals surface area contributed by atoms with Crippen molar-refractivity contribution < 1.29 is 33.4 Å². The van der Waals surface area contributed by atoms with Gasteiger partial charge in [-0.15, -0.1) is 0 Å². The smallest absolute Gasteiger partial charge is 0.349 e. The van der Waals surface area contributed by atoms with Gasteiger partial charge in [0.2, 0.25) is 0 Å². The van der Waals surface area contributed by atoms with Crippen LogP contribution in [0.4, 0.5) is 0 Å². The Labute approximate surface area is 161 Å². The van der Waals surface area contributed by atoms with Crippen LogP contribution in [0.1, 0.15) is 60.8 Å². The molecule has 2 saturated heterocycles. The van der Waals surface area contributed by atoms with Crippen LogP contribution in [0.5, 0.6) is 0 Å². The average Bonchev–Trinajstić information content (AvgIpc) is 2.53. The molecule has 27 heavy (non-hydrogen) atoms. The lowest BCUT2D eigenvalue weighted by Crippen LogP contribution is -2.68. The number of esters is 2. The molecule has 0 aromatic carbocycles. The molecule has 0 aromatic heterocycles. The van der Waals surface area contributed by atoms with Crippen molar-refractivity contribution in [3.8, 4) is 0 Å². The van der Waals surface area contributed by atoms with Crippen LogP contribution >= 0.6 is 0 Å². The largest absolute Gasteiger partial charge is 0.464 e. The zero-order valence-corrected chi connectivity index (χ0v) is 17.3. The second kappa shape index (κ2) is 8.43. The summed E-state index contributed by atoms with van der Waals surface area (Å²) in [5.74, 6) is -2.20. The number of rotatable bonds is 6. The zero-order chi connectivity index (χ0) is 20.3. The molecule has 0 radical (unpaired) electrons. The van der Waals surface area contributed by atoms with Gasteiger partial charge in [0.1, 0.15) is 0 Å². The van der Waals surface area contributed by atoms with Gasteiger partial charge in [0, 0.05) is 23.9 Å². The number of nitrogens with zero attached hydrogens (tertiary/aromatic N) is 1. The summed E-state index contributed by atoms with van der Waals surface area (Å²) in [5, 5.41) is 1.70. The highest BCUT2D eigenvalue weighted by molar-refractivity contribution is 5.98. The van der Waals surface area contributed by atoms with E-state index < -0.39 is 34.9 Å². The van der Waals surface area contributed by atoms with Crippen LogP contribution in [0, 0.1) is 0 Å². The minimum atomic E-state index is -1.47. The molecule has 8 heteroatoms. The van der Waals surface area contributed by atoms with Gasteiger partial charge in [0.15, 0.2) is 5.79 Å². The van der Waals surface area contributed by atoms with E-state index in [1.165, 1.54) is 0 Å². The minimum absolute atomic E-state index is 0.148. The fourth-order valence-electron chi connectivity index (χ4n) is 4.17. The standard InChI is InChI=1S/C19H33NO7/c1-7-23-15(21)14(16(22)24-8-2)27-20-17(3,4)12-19(13-18(20,5)6)25-10-9-11-26-19/h14H,7-13H2,1-6H3. The van der Waals surface area contributed by atoms with Crippen molar-refractivity contribution in [2.45, 2.75) is 83.8 Å². The summed E-state index contributed by atoms with van der Waals surface area (Å²) in [6, 6.07) is 0. The third-order valence-corrected chi connectivity index (χ3v) is 4.73. The molecule has 1 spiro atoms. The lowest BCUT2D eigenvalue weighted by molar-refractivity contribution is -0.372. The van der Waals surface area contributed by atoms with Gasteiger partial charge < -0.3 is 18.9 Å². The molecule has 0 bridgehead atoms. The molecule has 8 nitrogen and oxygen atoms in total. The maximum absolute atomic E-state index is 12.3. The molecule has 0 atom stereocenters. The summed E-state index contributed by atoms with van der Waals surface area (Å²) in [4.78, 5) is 30.6. The van der Waals surface area contributed by atoms with Gasteiger partial charge in [-0.2, -0.15) is 5.06 Å². The highest BCUT2D eigenvalue weighted by Gasteiger charge is 2.57. The van der Waals surface area contributed by atoms with E-state index in [-0.39, 0.29) is 13.2 Å². The average molecular weight is 387 g/mol. The number of piperidine rings is 1.